The molecule has 10 heavy (non-hydrogen) atoms. The van der Waals surface area contributed by atoms with Crippen LogP contribution >= 0.6 is 0 Å². The maximum Gasteiger partial charge on any atom is 0.0718 e. The lowest BCUT2D eigenvalue weighted by molar-refractivity contribution is 0.209. The highest BCUT2D eigenvalue weighted by atomic mass is 16.3. The molecule has 58 valence electrons. The van der Waals surface area contributed by atoms with Crippen molar-refractivity contribution in [3.05, 3.63) is 25.3 Å². The normalized spacial score (nSPS) is 12.5. The SMILES string of the molecule is C=CCCCC[C@H](O)C=C. The number of aliphatic hydroxyl groups is 1. The van der Waals surface area contributed by atoms with E-state index in [-0.39, 0.29) is 6.10 Å². The van der Waals surface area contributed by atoms with Crippen LogP contribution in [-0.4, -0.2) is 11.2 Å². The van der Waals surface area contributed by atoms with Gasteiger partial charge in [-0.25, -0.2) is 0 Å². The number of allylic oxidation sites excluding steroid dienone is 1. The molecule has 0 aromatic rings. The van der Waals surface area contributed by atoms with Crippen molar-refractivity contribution in [1.29, 1.82) is 0 Å². The third-order valence-electron chi connectivity index (χ3n) is 1.43. The molecule has 0 amide bonds. The Morgan fingerprint density at radius 1 is 1.30 bits per heavy atom. The first-order chi connectivity index (χ1) is 4.81. The molecule has 0 saturated heterocycles. The molecule has 0 spiro atoms. The first kappa shape index (κ1) is 9.44. The summed E-state index contributed by atoms with van der Waals surface area (Å²) >= 11 is 0. The van der Waals surface area contributed by atoms with Gasteiger partial charge >= 0.3 is 0 Å². The molecule has 0 radical (unpaired) electrons. The van der Waals surface area contributed by atoms with E-state index in [2.05, 4.69) is 13.2 Å². The van der Waals surface area contributed by atoms with Crippen molar-refractivity contribution in [3.8, 4) is 0 Å². The van der Waals surface area contributed by atoms with Crippen molar-refractivity contribution < 1.29 is 5.11 Å². The van der Waals surface area contributed by atoms with E-state index in [1.54, 1.807) is 6.08 Å². The lowest BCUT2D eigenvalue weighted by atomic mass is 10.1. The molecule has 0 rings (SSSR count). The Hall–Kier alpha value is -0.560. The number of hydrogen-bond donors (Lipinski definition) is 1. The first-order valence-electron chi connectivity index (χ1n) is 3.72. The van der Waals surface area contributed by atoms with Crippen LogP contribution in [-0.2, 0) is 0 Å². The van der Waals surface area contributed by atoms with Gasteiger partial charge in [-0.3, -0.25) is 0 Å². The molecule has 0 aliphatic rings. The van der Waals surface area contributed by atoms with E-state index < -0.39 is 0 Å². The average molecular weight is 140 g/mol. The summed E-state index contributed by atoms with van der Waals surface area (Å²) in [7, 11) is 0. The van der Waals surface area contributed by atoms with Gasteiger partial charge in [-0.1, -0.05) is 18.6 Å². The number of hydrogen-bond acceptors (Lipinski definition) is 1. The van der Waals surface area contributed by atoms with Gasteiger partial charge in [0.1, 0.15) is 0 Å². The summed E-state index contributed by atoms with van der Waals surface area (Å²) in [6.07, 6.45) is 7.22. The molecular formula is C9H16O. The van der Waals surface area contributed by atoms with Crippen LogP contribution in [0.3, 0.4) is 0 Å². The summed E-state index contributed by atoms with van der Waals surface area (Å²) in [5.74, 6) is 0. The molecular weight excluding hydrogens is 124 g/mol. The fraction of sp³-hybridized carbons (Fsp3) is 0.556. The number of rotatable bonds is 6. The lowest BCUT2D eigenvalue weighted by Crippen LogP contribution is -1.99. The smallest absolute Gasteiger partial charge is 0.0718 e. The first-order valence-corrected chi connectivity index (χ1v) is 3.72. The quantitative estimate of drug-likeness (QED) is 0.443. The Labute approximate surface area is 63.1 Å². The van der Waals surface area contributed by atoms with Crippen LogP contribution in [0.1, 0.15) is 25.7 Å². The number of aliphatic hydroxyl groups excluding tert-OH is 1. The molecule has 0 aromatic heterocycles. The van der Waals surface area contributed by atoms with Gasteiger partial charge in [0.05, 0.1) is 6.10 Å². The molecule has 0 aromatic carbocycles. The minimum atomic E-state index is -0.315. The minimum absolute atomic E-state index is 0.315. The van der Waals surface area contributed by atoms with Crippen LogP contribution in [0.5, 0.6) is 0 Å². The molecule has 0 bridgehead atoms. The number of unbranched alkanes of at least 4 members (excludes halogenated alkanes) is 2. The molecule has 0 fully saturated rings. The maximum absolute atomic E-state index is 9.01. The molecule has 1 N–H and O–H groups in total. The van der Waals surface area contributed by atoms with Gasteiger partial charge in [0, 0.05) is 0 Å². The summed E-state index contributed by atoms with van der Waals surface area (Å²) in [6, 6.07) is 0. The minimum Gasteiger partial charge on any atom is -0.389 e. The zero-order chi connectivity index (χ0) is 7.82. The van der Waals surface area contributed by atoms with Gasteiger partial charge in [0.25, 0.3) is 0 Å². The molecule has 0 aliphatic carbocycles. The fourth-order valence-electron chi connectivity index (χ4n) is 0.760. The Morgan fingerprint density at radius 3 is 2.50 bits per heavy atom. The highest BCUT2D eigenvalue weighted by molar-refractivity contribution is 4.77. The second-order valence-corrected chi connectivity index (χ2v) is 2.38. The highest BCUT2D eigenvalue weighted by Gasteiger charge is 1.95. The Balaban J connectivity index is 3.02. The van der Waals surface area contributed by atoms with E-state index in [1.807, 2.05) is 6.08 Å². The molecule has 0 unspecified atom stereocenters. The van der Waals surface area contributed by atoms with Crippen LogP contribution in [0.2, 0.25) is 0 Å². The molecule has 1 nitrogen and oxygen atoms in total. The van der Waals surface area contributed by atoms with E-state index in [1.165, 1.54) is 0 Å². The van der Waals surface area contributed by atoms with E-state index >= 15 is 0 Å². The van der Waals surface area contributed by atoms with Crippen molar-refractivity contribution in [2.24, 2.45) is 0 Å². The monoisotopic (exact) mass is 140 g/mol. The Bertz CT molecular complexity index is 96.9. The standard InChI is InChI=1S/C9H16O/c1-3-5-6-7-8-9(10)4-2/h3-4,9-10H,1-2,5-8H2/t9-/m1/s1. The largest absolute Gasteiger partial charge is 0.389 e. The summed E-state index contributed by atoms with van der Waals surface area (Å²) in [6.45, 7) is 7.10. The second kappa shape index (κ2) is 6.56. The van der Waals surface area contributed by atoms with Gasteiger partial charge in [0.2, 0.25) is 0 Å². The van der Waals surface area contributed by atoms with Gasteiger partial charge in [0.15, 0.2) is 0 Å². The van der Waals surface area contributed by atoms with E-state index in [4.69, 9.17) is 5.11 Å². The summed E-state index contributed by atoms with van der Waals surface area (Å²) in [5, 5.41) is 9.01. The van der Waals surface area contributed by atoms with E-state index in [9.17, 15) is 0 Å². The van der Waals surface area contributed by atoms with Gasteiger partial charge < -0.3 is 5.11 Å². The van der Waals surface area contributed by atoms with E-state index in [0.29, 0.717) is 0 Å². The third kappa shape index (κ3) is 5.57. The summed E-state index contributed by atoms with van der Waals surface area (Å²) in [5.41, 5.74) is 0. The molecule has 1 atom stereocenters. The lowest BCUT2D eigenvalue weighted by Gasteiger charge is -2.02. The topological polar surface area (TPSA) is 20.2 Å². The van der Waals surface area contributed by atoms with Crippen molar-refractivity contribution in [1.82, 2.24) is 0 Å². The van der Waals surface area contributed by atoms with E-state index in [0.717, 1.165) is 25.7 Å². The third-order valence-corrected chi connectivity index (χ3v) is 1.43. The maximum atomic E-state index is 9.01. The Morgan fingerprint density at radius 2 is 2.00 bits per heavy atom. The van der Waals surface area contributed by atoms with Crippen molar-refractivity contribution in [3.63, 3.8) is 0 Å². The summed E-state index contributed by atoms with van der Waals surface area (Å²) in [4.78, 5) is 0. The van der Waals surface area contributed by atoms with Crippen LogP contribution in [0.25, 0.3) is 0 Å². The van der Waals surface area contributed by atoms with Crippen LogP contribution in [0.15, 0.2) is 25.3 Å². The van der Waals surface area contributed by atoms with Gasteiger partial charge in [-0.15, -0.1) is 13.2 Å². The predicted octanol–water partition coefficient (Wildman–Crippen LogP) is 2.28. The van der Waals surface area contributed by atoms with Crippen LogP contribution < -0.4 is 0 Å². The Kier molecular flexibility index (Phi) is 6.19. The summed E-state index contributed by atoms with van der Waals surface area (Å²) < 4.78 is 0. The molecule has 1 heteroatoms. The van der Waals surface area contributed by atoms with Crippen molar-refractivity contribution in [2.75, 3.05) is 0 Å². The highest BCUT2D eigenvalue weighted by Crippen LogP contribution is 2.03. The van der Waals surface area contributed by atoms with Crippen molar-refractivity contribution in [2.45, 2.75) is 31.8 Å². The molecule has 0 heterocycles. The fourth-order valence-corrected chi connectivity index (χ4v) is 0.760. The average Bonchev–Trinajstić information content (AvgIpc) is 1.98. The molecule has 0 saturated carbocycles. The van der Waals surface area contributed by atoms with Gasteiger partial charge in [-0.2, -0.15) is 0 Å². The zero-order valence-electron chi connectivity index (χ0n) is 6.42. The molecule has 0 aliphatic heterocycles. The van der Waals surface area contributed by atoms with Crippen LogP contribution in [0, 0.1) is 0 Å². The predicted molar refractivity (Wildman–Crippen MR) is 44.9 cm³/mol. The van der Waals surface area contributed by atoms with Gasteiger partial charge in [-0.05, 0) is 19.3 Å². The zero-order valence-corrected chi connectivity index (χ0v) is 6.42. The second-order valence-electron chi connectivity index (χ2n) is 2.38. The van der Waals surface area contributed by atoms with Crippen LogP contribution in [0.4, 0.5) is 0 Å². The van der Waals surface area contributed by atoms with Crippen molar-refractivity contribution >= 4 is 0 Å².